The summed E-state index contributed by atoms with van der Waals surface area (Å²) in [4.78, 5) is 19.9. The van der Waals surface area contributed by atoms with E-state index in [0.29, 0.717) is 30.1 Å². The summed E-state index contributed by atoms with van der Waals surface area (Å²) >= 11 is 0. The number of aromatic carboxylic acids is 1. The molecule has 0 atom stereocenters. The van der Waals surface area contributed by atoms with Gasteiger partial charge in [0.25, 0.3) is 0 Å². The highest BCUT2D eigenvalue weighted by Crippen LogP contribution is 2.21. The summed E-state index contributed by atoms with van der Waals surface area (Å²) in [6, 6.07) is 3.29. The molecule has 1 aliphatic heterocycles. The number of hydrogen-bond donors (Lipinski definition) is 2. The number of aromatic nitrogens is 4. The number of nitrogens with one attached hydrogen (secondary N) is 1. The van der Waals surface area contributed by atoms with Gasteiger partial charge in [-0.3, -0.25) is 0 Å². The molecule has 2 aromatic rings. The molecule has 21 heavy (non-hydrogen) atoms. The average Bonchev–Trinajstić information content (AvgIpc) is 2.53. The van der Waals surface area contributed by atoms with Crippen LogP contribution in [0.15, 0.2) is 12.1 Å². The fraction of sp³-hybridized carbons (Fsp3) is 0.308. The summed E-state index contributed by atoms with van der Waals surface area (Å²) in [5.74, 6) is -0.428. The topological polar surface area (TPSA) is 110 Å². The SMILES string of the molecule is COc1ccc(-c2nc3c(c(C(=O)O)n2)CNCC3)nn1. The lowest BCUT2D eigenvalue weighted by molar-refractivity contribution is 0.0688. The van der Waals surface area contributed by atoms with E-state index in [-0.39, 0.29) is 11.5 Å². The quantitative estimate of drug-likeness (QED) is 0.828. The molecule has 3 heterocycles. The number of fused-ring (bicyclic) bond motifs is 1. The molecular formula is C13H13N5O3. The molecule has 2 N–H and O–H groups in total. The summed E-state index contributed by atoms with van der Waals surface area (Å²) in [5, 5.41) is 20.3. The monoisotopic (exact) mass is 287 g/mol. The van der Waals surface area contributed by atoms with E-state index < -0.39 is 5.97 Å². The Morgan fingerprint density at radius 3 is 2.86 bits per heavy atom. The fourth-order valence-corrected chi connectivity index (χ4v) is 2.18. The third-order valence-corrected chi connectivity index (χ3v) is 3.21. The van der Waals surface area contributed by atoms with Crippen LogP contribution in [0.5, 0.6) is 5.88 Å². The average molecular weight is 287 g/mol. The van der Waals surface area contributed by atoms with Gasteiger partial charge in [0.15, 0.2) is 11.5 Å². The van der Waals surface area contributed by atoms with Gasteiger partial charge in [-0.1, -0.05) is 0 Å². The minimum Gasteiger partial charge on any atom is -0.480 e. The third kappa shape index (κ3) is 2.52. The zero-order chi connectivity index (χ0) is 14.8. The lowest BCUT2D eigenvalue weighted by Crippen LogP contribution is -2.28. The first-order valence-corrected chi connectivity index (χ1v) is 6.41. The number of carbonyl (C=O) groups is 1. The molecule has 1 aliphatic rings. The molecular weight excluding hydrogens is 274 g/mol. The smallest absolute Gasteiger partial charge is 0.354 e. The van der Waals surface area contributed by atoms with Gasteiger partial charge in [-0.15, -0.1) is 10.2 Å². The molecule has 0 radical (unpaired) electrons. The highest BCUT2D eigenvalue weighted by molar-refractivity contribution is 5.88. The molecule has 8 heteroatoms. The standard InChI is InChI=1S/C13H13N5O3/c1-21-10-3-2-9(17-18-10)12-15-8-4-5-14-6-7(8)11(16-12)13(19)20/h2-3,14H,4-6H2,1H3,(H,19,20). The van der Waals surface area contributed by atoms with Gasteiger partial charge in [0.1, 0.15) is 5.69 Å². The van der Waals surface area contributed by atoms with E-state index in [1.54, 1.807) is 12.1 Å². The largest absolute Gasteiger partial charge is 0.480 e. The molecule has 0 aliphatic carbocycles. The molecule has 0 bridgehead atoms. The highest BCUT2D eigenvalue weighted by Gasteiger charge is 2.22. The number of rotatable bonds is 3. The van der Waals surface area contributed by atoms with Gasteiger partial charge < -0.3 is 15.2 Å². The van der Waals surface area contributed by atoms with Crippen molar-refractivity contribution in [2.45, 2.75) is 13.0 Å². The van der Waals surface area contributed by atoms with Crippen molar-refractivity contribution in [3.63, 3.8) is 0 Å². The van der Waals surface area contributed by atoms with E-state index in [9.17, 15) is 9.90 Å². The summed E-state index contributed by atoms with van der Waals surface area (Å²) in [7, 11) is 1.49. The van der Waals surface area contributed by atoms with Crippen LogP contribution in [0.4, 0.5) is 0 Å². The minimum atomic E-state index is -1.07. The molecule has 108 valence electrons. The first-order valence-electron chi connectivity index (χ1n) is 6.41. The van der Waals surface area contributed by atoms with Gasteiger partial charge in [0, 0.05) is 31.1 Å². The predicted octanol–water partition coefficient (Wildman–Crippen LogP) is 0.286. The zero-order valence-corrected chi connectivity index (χ0v) is 11.3. The zero-order valence-electron chi connectivity index (χ0n) is 11.3. The fourth-order valence-electron chi connectivity index (χ4n) is 2.18. The third-order valence-electron chi connectivity index (χ3n) is 3.21. The lowest BCUT2D eigenvalue weighted by Gasteiger charge is -2.18. The Balaban J connectivity index is 2.09. The molecule has 0 aromatic carbocycles. The second-order valence-electron chi connectivity index (χ2n) is 4.51. The predicted molar refractivity (Wildman–Crippen MR) is 72.0 cm³/mol. The maximum atomic E-state index is 11.4. The Bertz CT molecular complexity index is 687. The summed E-state index contributed by atoms with van der Waals surface area (Å²) in [6.07, 6.45) is 0.661. The molecule has 0 fully saturated rings. The Morgan fingerprint density at radius 2 is 2.19 bits per heavy atom. The highest BCUT2D eigenvalue weighted by atomic mass is 16.5. The van der Waals surface area contributed by atoms with Crippen molar-refractivity contribution in [1.82, 2.24) is 25.5 Å². The Kier molecular flexibility index (Phi) is 3.44. The van der Waals surface area contributed by atoms with E-state index in [1.165, 1.54) is 7.11 Å². The van der Waals surface area contributed by atoms with Crippen LogP contribution >= 0.6 is 0 Å². The van der Waals surface area contributed by atoms with E-state index in [1.807, 2.05) is 0 Å². The van der Waals surface area contributed by atoms with Crippen LogP contribution in [0.25, 0.3) is 11.5 Å². The van der Waals surface area contributed by atoms with Gasteiger partial charge in [-0.25, -0.2) is 14.8 Å². The summed E-state index contributed by atoms with van der Waals surface area (Å²) in [6.45, 7) is 1.22. The van der Waals surface area contributed by atoms with Crippen molar-refractivity contribution in [2.24, 2.45) is 0 Å². The van der Waals surface area contributed by atoms with Gasteiger partial charge in [-0.05, 0) is 6.07 Å². The Hall–Kier alpha value is -2.61. The number of carboxylic acids is 1. The van der Waals surface area contributed by atoms with E-state index in [2.05, 4.69) is 25.5 Å². The Morgan fingerprint density at radius 1 is 1.33 bits per heavy atom. The molecule has 0 amide bonds. The first kappa shape index (κ1) is 13.4. The van der Waals surface area contributed by atoms with Crippen molar-refractivity contribution < 1.29 is 14.6 Å². The van der Waals surface area contributed by atoms with Crippen LogP contribution in [-0.2, 0) is 13.0 Å². The van der Waals surface area contributed by atoms with Crippen molar-refractivity contribution in [2.75, 3.05) is 13.7 Å². The van der Waals surface area contributed by atoms with Crippen molar-refractivity contribution in [3.05, 3.63) is 29.1 Å². The molecule has 0 saturated heterocycles. The van der Waals surface area contributed by atoms with Gasteiger partial charge >= 0.3 is 5.97 Å². The van der Waals surface area contributed by atoms with Crippen LogP contribution in [0, 0.1) is 0 Å². The van der Waals surface area contributed by atoms with Crippen molar-refractivity contribution >= 4 is 5.97 Å². The summed E-state index contributed by atoms with van der Waals surface area (Å²) in [5.41, 5.74) is 1.81. The summed E-state index contributed by atoms with van der Waals surface area (Å²) < 4.78 is 4.94. The number of nitrogens with zero attached hydrogens (tertiary/aromatic N) is 4. The number of hydrogen-bond acceptors (Lipinski definition) is 7. The molecule has 2 aromatic heterocycles. The van der Waals surface area contributed by atoms with Gasteiger partial charge in [0.05, 0.1) is 12.8 Å². The number of ether oxygens (including phenoxy) is 1. The normalized spacial score (nSPS) is 13.6. The van der Waals surface area contributed by atoms with Gasteiger partial charge in [0.2, 0.25) is 5.88 Å². The molecule has 0 spiro atoms. The second-order valence-corrected chi connectivity index (χ2v) is 4.51. The molecule has 8 nitrogen and oxygen atoms in total. The van der Waals surface area contributed by atoms with Crippen LogP contribution in [0.1, 0.15) is 21.7 Å². The van der Waals surface area contributed by atoms with E-state index >= 15 is 0 Å². The lowest BCUT2D eigenvalue weighted by atomic mass is 10.0. The van der Waals surface area contributed by atoms with E-state index in [0.717, 1.165) is 12.2 Å². The molecule has 0 unspecified atom stereocenters. The number of methoxy groups -OCH3 is 1. The van der Waals surface area contributed by atoms with Crippen LogP contribution in [0.3, 0.4) is 0 Å². The van der Waals surface area contributed by atoms with Crippen LogP contribution in [-0.4, -0.2) is 44.9 Å². The maximum absolute atomic E-state index is 11.4. The second kappa shape index (κ2) is 5.41. The molecule has 0 saturated carbocycles. The van der Waals surface area contributed by atoms with Crippen LogP contribution < -0.4 is 10.1 Å². The first-order chi connectivity index (χ1) is 10.2. The van der Waals surface area contributed by atoms with Gasteiger partial charge in [-0.2, -0.15) is 0 Å². The molecule has 3 rings (SSSR count). The Labute approximate surface area is 120 Å². The van der Waals surface area contributed by atoms with Crippen molar-refractivity contribution in [3.8, 4) is 17.4 Å². The number of carboxylic acid groups (broad SMARTS) is 1. The van der Waals surface area contributed by atoms with Crippen LogP contribution in [0.2, 0.25) is 0 Å². The van der Waals surface area contributed by atoms with Crippen molar-refractivity contribution in [1.29, 1.82) is 0 Å². The van der Waals surface area contributed by atoms with E-state index in [4.69, 9.17) is 4.74 Å². The minimum absolute atomic E-state index is 0.0137. The maximum Gasteiger partial charge on any atom is 0.354 e.